The molecule has 0 bridgehead atoms. The third kappa shape index (κ3) is 6.57. The summed E-state index contributed by atoms with van der Waals surface area (Å²) in [5, 5.41) is 1.41. The Labute approximate surface area is 181 Å². The summed E-state index contributed by atoms with van der Waals surface area (Å²) < 4.78 is 26.6. The SMILES string of the molecule is C=CCC(C(=O)NS(=O)(=O)/C=C/c1ccccc1)C(=O)N(CC)c1ccc(Cl)cc1. The van der Waals surface area contributed by atoms with Crippen molar-refractivity contribution in [2.24, 2.45) is 5.92 Å². The third-order valence-electron chi connectivity index (χ3n) is 4.22. The lowest BCUT2D eigenvalue weighted by Crippen LogP contribution is -2.45. The van der Waals surface area contributed by atoms with Gasteiger partial charge in [0.2, 0.25) is 11.8 Å². The lowest BCUT2D eigenvalue weighted by Gasteiger charge is -2.25. The topological polar surface area (TPSA) is 83.5 Å². The zero-order chi connectivity index (χ0) is 22.1. The Hall–Kier alpha value is -2.90. The Bertz CT molecular complexity index is 1020. The Morgan fingerprint density at radius 2 is 1.77 bits per heavy atom. The number of hydrogen-bond donors (Lipinski definition) is 1. The van der Waals surface area contributed by atoms with Crippen LogP contribution in [0.4, 0.5) is 5.69 Å². The van der Waals surface area contributed by atoms with Crippen molar-refractivity contribution in [1.29, 1.82) is 0 Å². The summed E-state index contributed by atoms with van der Waals surface area (Å²) in [6, 6.07) is 15.4. The van der Waals surface area contributed by atoms with E-state index >= 15 is 0 Å². The first kappa shape index (κ1) is 23.4. The number of carbonyl (C=O) groups excluding carboxylic acids is 2. The molecule has 2 aromatic carbocycles. The van der Waals surface area contributed by atoms with Crippen LogP contribution in [-0.2, 0) is 19.6 Å². The first-order valence-corrected chi connectivity index (χ1v) is 11.2. The van der Waals surface area contributed by atoms with Crippen molar-refractivity contribution in [1.82, 2.24) is 4.72 Å². The number of allylic oxidation sites excluding steroid dienone is 1. The molecular formula is C22H23ClN2O4S. The van der Waals surface area contributed by atoms with Gasteiger partial charge in [-0.05, 0) is 49.2 Å². The van der Waals surface area contributed by atoms with Crippen molar-refractivity contribution in [3.05, 3.63) is 83.2 Å². The number of benzene rings is 2. The van der Waals surface area contributed by atoms with Crippen LogP contribution in [0.1, 0.15) is 18.9 Å². The van der Waals surface area contributed by atoms with Crippen LogP contribution in [-0.4, -0.2) is 26.8 Å². The molecule has 0 saturated heterocycles. The third-order valence-corrected chi connectivity index (χ3v) is 5.45. The van der Waals surface area contributed by atoms with E-state index in [1.165, 1.54) is 17.1 Å². The summed E-state index contributed by atoms with van der Waals surface area (Å²) >= 11 is 5.89. The summed E-state index contributed by atoms with van der Waals surface area (Å²) in [7, 11) is -4.08. The van der Waals surface area contributed by atoms with Gasteiger partial charge >= 0.3 is 0 Å². The average molecular weight is 447 g/mol. The maximum atomic E-state index is 13.0. The quantitative estimate of drug-likeness (QED) is 0.466. The van der Waals surface area contributed by atoms with E-state index < -0.39 is 27.8 Å². The summed E-state index contributed by atoms with van der Waals surface area (Å²) in [5.41, 5.74) is 1.22. The fourth-order valence-electron chi connectivity index (χ4n) is 2.74. The van der Waals surface area contributed by atoms with Crippen LogP contribution in [0.15, 0.2) is 72.7 Å². The molecule has 158 valence electrons. The van der Waals surface area contributed by atoms with Crippen molar-refractivity contribution in [2.45, 2.75) is 13.3 Å². The van der Waals surface area contributed by atoms with Crippen LogP contribution in [0.25, 0.3) is 6.08 Å². The van der Waals surface area contributed by atoms with Crippen molar-refractivity contribution < 1.29 is 18.0 Å². The van der Waals surface area contributed by atoms with Gasteiger partial charge in [0.1, 0.15) is 5.92 Å². The number of halogens is 1. The zero-order valence-electron chi connectivity index (χ0n) is 16.5. The zero-order valence-corrected chi connectivity index (χ0v) is 18.1. The van der Waals surface area contributed by atoms with Crippen LogP contribution in [0, 0.1) is 5.92 Å². The number of nitrogens with zero attached hydrogens (tertiary/aromatic N) is 1. The van der Waals surface area contributed by atoms with Gasteiger partial charge in [-0.2, -0.15) is 0 Å². The molecule has 0 spiro atoms. The van der Waals surface area contributed by atoms with Gasteiger partial charge in [0.15, 0.2) is 0 Å². The molecule has 1 unspecified atom stereocenters. The van der Waals surface area contributed by atoms with Gasteiger partial charge in [0, 0.05) is 17.3 Å². The number of anilines is 1. The molecule has 30 heavy (non-hydrogen) atoms. The molecule has 0 heterocycles. The summed E-state index contributed by atoms with van der Waals surface area (Å²) in [4.78, 5) is 27.1. The van der Waals surface area contributed by atoms with E-state index in [9.17, 15) is 18.0 Å². The highest BCUT2D eigenvalue weighted by Gasteiger charge is 2.31. The summed E-state index contributed by atoms with van der Waals surface area (Å²) in [6.07, 6.45) is 2.77. The van der Waals surface area contributed by atoms with Crippen LogP contribution in [0.5, 0.6) is 0 Å². The van der Waals surface area contributed by atoms with E-state index in [-0.39, 0.29) is 6.42 Å². The Morgan fingerprint density at radius 1 is 1.13 bits per heavy atom. The molecule has 2 amide bonds. The number of sulfonamides is 1. The van der Waals surface area contributed by atoms with E-state index in [1.807, 2.05) is 4.72 Å². The predicted molar refractivity (Wildman–Crippen MR) is 120 cm³/mol. The molecule has 0 saturated carbocycles. The maximum absolute atomic E-state index is 13.0. The maximum Gasteiger partial charge on any atom is 0.257 e. The molecule has 0 aliphatic heterocycles. The van der Waals surface area contributed by atoms with Crippen LogP contribution in [0.3, 0.4) is 0 Å². The molecule has 1 atom stereocenters. The molecule has 0 aliphatic carbocycles. The summed E-state index contributed by atoms with van der Waals surface area (Å²) in [6.45, 7) is 5.63. The minimum Gasteiger partial charge on any atom is -0.312 e. The van der Waals surface area contributed by atoms with Gasteiger partial charge in [-0.3, -0.25) is 9.59 Å². The Balaban J connectivity index is 2.19. The summed E-state index contributed by atoms with van der Waals surface area (Å²) in [5.74, 6) is -2.68. The van der Waals surface area contributed by atoms with Crippen molar-refractivity contribution >= 4 is 45.2 Å². The van der Waals surface area contributed by atoms with Gasteiger partial charge in [0.05, 0.1) is 5.41 Å². The van der Waals surface area contributed by atoms with E-state index in [0.29, 0.717) is 22.8 Å². The smallest absolute Gasteiger partial charge is 0.257 e. The van der Waals surface area contributed by atoms with Crippen molar-refractivity contribution in [2.75, 3.05) is 11.4 Å². The van der Waals surface area contributed by atoms with E-state index in [2.05, 4.69) is 6.58 Å². The molecule has 2 rings (SSSR count). The number of amides is 2. The van der Waals surface area contributed by atoms with Gasteiger partial charge < -0.3 is 4.90 Å². The lowest BCUT2D eigenvalue weighted by atomic mass is 10.0. The van der Waals surface area contributed by atoms with Gasteiger partial charge in [-0.15, -0.1) is 6.58 Å². The van der Waals surface area contributed by atoms with Gasteiger partial charge in [-0.1, -0.05) is 48.0 Å². The van der Waals surface area contributed by atoms with Crippen molar-refractivity contribution in [3.63, 3.8) is 0 Å². The second kappa shape index (κ2) is 10.8. The number of rotatable bonds is 9. The molecule has 2 aromatic rings. The highest BCUT2D eigenvalue weighted by atomic mass is 35.5. The largest absolute Gasteiger partial charge is 0.312 e. The standard InChI is InChI=1S/C22H23ClN2O4S/c1-3-8-20(22(27)25(4-2)19-13-11-18(23)12-14-19)21(26)24-30(28,29)16-15-17-9-6-5-7-10-17/h3,5-7,9-16,20H,1,4,8H2,2H3,(H,24,26)/b16-15+. The first-order chi connectivity index (χ1) is 14.3. The molecule has 8 heteroatoms. The van der Waals surface area contributed by atoms with Crippen LogP contribution in [0.2, 0.25) is 5.02 Å². The highest BCUT2D eigenvalue weighted by molar-refractivity contribution is 7.93. The molecule has 6 nitrogen and oxygen atoms in total. The monoisotopic (exact) mass is 446 g/mol. The lowest BCUT2D eigenvalue weighted by molar-refractivity contribution is -0.132. The Morgan fingerprint density at radius 3 is 2.33 bits per heavy atom. The van der Waals surface area contributed by atoms with Crippen LogP contribution < -0.4 is 9.62 Å². The molecule has 1 N–H and O–H groups in total. The fraction of sp³-hybridized carbons (Fsp3) is 0.182. The van der Waals surface area contributed by atoms with E-state index in [1.54, 1.807) is 61.5 Å². The molecule has 0 aromatic heterocycles. The molecule has 0 radical (unpaired) electrons. The Kier molecular flexibility index (Phi) is 8.38. The normalized spacial score (nSPS) is 12.3. The number of carbonyl (C=O) groups is 2. The average Bonchev–Trinajstić information content (AvgIpc) is 2.72. The fourth-order valence-corrected chi connectivity index (χ4v) is 3.69. The van der Waals surface area contributed by atoms with Crippen LogP contribution >= 0.6 is 11.6 Å². The minimum atomic E-state index is -4.08. The molecule has 0 fully saturated rings. The number of nitrogens with one attached hydrogen (secondary N) is 1. The number of hydrogen-bond acceptors (Lipinski definition) is 4. The molecule has 0 aliphatic rings. The predicted octanol–water partition coefficient (Wildman–Crippen LogP) is 4.00. The second-order valence-electron chi connectivity index (χ2n) is 6.36. The van der Waals surface area contributed by atoms with Gasteiger partial charge in [-0.25, -0.2) is 13.1 Å². The molecular weight excluding hydrogens is 424 g/mol. The second-order valence-corrected chi connectivity index (χ2v) is 8.36. The minimum absolute atomic E-state index is 0.00727. The van der Waals surface area contributed by atoms with Gasteiger partial charge in [0.25, 0.3) is 10.0 Å². The highest BCUT2D eigenvalue weighted by Crippen LogP contribution is 2.21. The van der Waals surface area contributed by atoms with E-state index in [4.69, 9.17) is 11.6 Å². The van der Waals surface area contributed by atoms with Crippen molar-refractivity contribution in [3.8, 4) is 0 Å². The first-order valence-electron chi connectivity index (χ1n) is 9.25. The van der Waals surface area contributed by atoms with E-state index in [0.717, 1.165) is 5.41 Å².